The molecule has 1 aliphatic rings. The van der Waals surface area contributed by atoms with Gasteiger partial charge in [0.2, 0.25) is 5.78 Å². The van der Waals surface area contributed by atoms with Crippen LogP contribution >= 0.6 is 0 Å². The fraction of sp³-hybridized carbons (Fsp3) is 0.143. The molecule has 170 valence electrons. The third-order valence-electron chi connectivity index (χ3n) is 5.84. The molecule has 0 atom stereocenters. The predicted octanol–water partition coefficient (Wildman–Crippen LogP) is 5.23. The number of esters is 1. The molecule has 4 aromatic rings. The monoisotopic (exact) mass is 453 g/mol. The van der Waals surface area contributed by atoms with Crippen LogP contribution in [0.4, 0.5) is 0 Å². The molecule has 0 radical (unpaired) electrons. The van der Waals surface area contributed by atoms with Crippen molar-refractivity contribution >= 4 is 28.7 Å². The molecule has 1 aromatic heterocycles. The van der Waals surface area contributed by atoms with Gasteiger partial charge in [0.1, 0.15) is 18.1 Å². The SMILES string of the molecule is Cc1c(OCC(=O)OCc2ccccc2)ccc2c1OC(=Cc1cn(C)c3ccccc13)C2=O. The fourth-order valence-electron chi connectivity index (χ4n) is 4.07. The summed E-state index contributed by atoms with van der Waals surface area (Å²) in [7, 11) is 1.97. The number of Topliss-reactive ketones (excluding diaryl/α,β-unsaturated/α-hetero) is 1. The van der Waals surface area contributed by atoms with Crippen LogP contribution in [0.5, 0.6) is 11.5 Å². The van der Waals surface area contributed by atoms with Crippen molar-refractivity contribution < 1.29 is 23.8 Å². The van der Waals surface area contributed by atoms with Crippen molar-refractivity contribution in [1.29, 1.82) is 0 Å². The topological polar surface area (TPSA) is 66.8 Å². The second-order valence-electron chi connectivity index (χ2n) is 8.15. The molecule has 0 spiro atoms. The van der Waals surface area contributed by atoms with Crippen molar-refractivity contribution in [2.45, 2.75) is 13.5 Å². The molecular formula is C28H23NO5. The lowest BCUT2D eigenvalue weighted by atomic mass is 10.1. The van der Waals surface area contributed by atoms with E-state index in [1.807, 2.05) is 72.4 Å². The van der Waals surface area contributed by atoms with Crippen LogP contribution in [0.15, 0.2) is 78.7 Å². The summed E-state index contributed by atoms with van der Waals surface area (Å²) in [6, 6.07) is 20.8. The average molecular weight is 453 g/mol. The maximum Gasteiger partial charge on any atom is 0.344 e. The summed E-state index contributed by atoms with van der Waals surface area (Å²) in [5.41, 5.74) is 4.01. The van der Waals surface area contributed by atoms with Crippen molar-refractivity contribution in [3.63, 3.8) is 0 Å². The van der Waals surface area contributed by atoms with Crippen molar-refractivity contribution in [3.8, 4) is 11.5 Å². The van der Waals surface area contributed by atoms with Crippen LogP contribution in [0.3, 0.4) is 0 Å². The Morgan fingerprint density at radius 2 is 1.79 bits per heavy atom. The highest BCUT2D eigenvalue weighted by Crippen LogP contribution is 2.39. The minimum Gasteiger partial charge on any atom is -0.481 e. The number of carbonyl (C=O) groups excluding carboxylic acids is 2. The summed E-state index contributed by atoms with van der Waals surface area (Å²) in [5.74, 6) is 0.521. The zero-order valence-corrected chi connectivity index (χ0v) is 18.9. The van der Waals surface area contributed by atoms with E-state index in [0.717, 1.165) is 22.0 Å². The summed E-state index contributed by atoms with van der Waals surface area (Å²) in [6.45, 7) is 1.75. The minimum absolute atomic E-state index is 0.181. The number of benzene rings is 3. The van der Waals surface area contributed by atoms with Crippen LogP contribution in [0, 0.1) is 6.92 Å². The Balaban J connectivity index is 1.30. The van der Waals surface area contributed by atoms with Gasteiger partial charge in [-0.05, 0) is 36.8 Å². The molecule has 0 bridgehead atoms. The first-order valence-electron chi connectivity index (χ1n) is 11.0. The van der Waals surface area contributed by atoms with E-state index in [1.165, 1.54) is 0 Å². The molecule has 0 aliphatic carbocycles. The number of fused-ring (bicyclic) bond motifs is 2. The zero-order valence-electron chi connectivity index (χ0n) is 18.9. The summed E-state index contributed by atoms with van der Waals surface area (Å²) in [6.07, 6.45) is 3.74. The molecule has 0 amide bonds. The third-order valence-corrected chi connectivity index (χ3v) is 5.84. The van der Waals surface area contributed by atoms with Crippen molar-refractivity contribution in [3.05, 3.63) is 101 Å². The zero-order chi connectivity index (χ0) is 23.7. The number of ketones is 1. The largest absolute Gasteiger partial charge is 0.481 e. The highest BCUT2D eigenvalue weighted by atomic mass is 16.6. The van der Waals surface area contributed by atoms with Crippen LogP contribution in [0.1, 0.15) is 27.0 Å². The normalized spacial score (nSPS) is 13.7. The highest BCUT2D eigenvalue weighted by Gasteiger charge is 2.30. The number of aryl methyl sites for hydroxylation is 1. The third kappa shape index (κ3) is 4.06. The van der Waals surface area contributed by atoms with E-state index < -0.39 is 5.97 Å². The van der Waals surface area contributed by atoms with E-state index in [0.29, 0.717) is 22.6 Å². The average Bonchev–Trinajstić information content (AvgIpc) is 3.35. The Morgan fingerprint density at radius 3 is 2.62 bits per heavy atom. The summed E-state index contributed by atoms with van der Waals surface area (Å²) >= 11 is 0. The van der Waals surface area contributed by atoms with E-state index in [2.05, 4.69) is 0 Å². The molecule has 0 N–H and O–H groups in total. The molecule has 2 heterocycles. The van der Waals surface area contributed by atoms with E-state index in [-0.39, 0.29) is 24.8 Å². The van der Waals surface area contributed by atoms with E-state index in [9.17, 15) is 9.59 Å². The van der Waals surface area contributed by atoms with Gasteiger partial charge in [0.25, 0.3) is 0 Å². The van der Waals surface area contributed by atoms with Gasteiger partial charge in [-0.25, -0.2) is 4.79 Å². The molecule has 0 fully saturated rings. The Labute approximate surface area is 197 Å². The molecule has 1 aliphatic heterocycles. The maximum atomic E-state index is 13.0. The second kappa shape index (κ2) is 8.90. The van der Waals surface area contributed by atoms with Crippen molar-refractivity contribution in [2.75, 3.05) is 6.61 Å². The van der Waals surface area contributed by atoms with Gasteiger partial charge < -0.3 is 18.8 Å². The molecule has 0 saturated carbocycles. The first kappa shape index (κ1) is 21.5. The van der Waals surface area contributed by atoms with Crippen LogP contribution in [-0.4, -0.2) is 22.9 Å². The lowest BCUT2D eigenvalue weighted by Crippen LogP contribution is -2.15. The number of rotatable bonds is 6. The van der Waals surface area contributed by atoms with Gasteiger partial charge in [-0.1, -0.05) is 48.5 Å². The van der Waals surface area contributed by atoms with Crippen LogP contribution in [0.2, 0.25) is 0 Å². The molecule has 6 heteroatoms. The molecule has 34 heavy (non-hydrogen) atoms. The van der Waals surface area contributed by atoms with Gasteiger partial charge in [0.05, 0.1) is 5.56 Å². The fourth-order valence-corrected chi connectivity index (χ4v) is 4.07. The Hall–Kier alpha value is -4.32. The number of ether oxygens (including phenoxy) is 3. The number of nitrogens with zero attached hydrogens (tertiary/aromatic N) is 1. The number of para-hydroxylation sites is 1. The van der Waals surface area contributed by atoms with Gasteiger partial charge in [-0.3, -0.25) is 4.79 Å². The molecule has 3 aromatic carbocycles. The van der Waals surface area contributed by atoms with Gasteiger partial charge >= 0.3 is 5.97 Å². The summed E-state index contributed by atoms with van der Waals surface area (Å²) < 4.78 is 18.9. The first-order chi connectivity index (χ1) is 16.5. The van der Waals surface area contributed by atoms with E-state index in [1.54, 1.807) is 25.1 Å². The molecular weight excluding hydrogens is 430 g/mol. The van der Waals surface area contributed by atoms with Gasteiger partial charge in [0.15, 0.2) is 12.4 Å². The smallest absolute Gasteiger partial charge is 0.344 e. The number of hydrogen-bond donors (Lipinski definition) is 0. The number of hydrogen-bond acceptors (Lipinski definition) is 5. The predicted molar refractivity (Wildman–Crippen MR) is 129 cm³/mol. The van der Waals surface area contributed by atoms with Gasteiger partial charge in [-0.15, -0.1) is 0 Å². The highest BCUT2D eigenvalue weighted by molar-refractivity contribution is 6.15. The van der Waals surface area contributed by atoms with Crippen LogP contribution < -0.4 is 9.47 Å². The Kier molecular flexibility index (Phi) is 5.64. The van der Waals surface area contributed by atoms with Crippen molar-refractivity contribution in [1.82, 2.24) is 4.57 Å². The van der Waals surface area contributed by atoms with Crippen LogP contribution in [-0.2, 0) is 23.2 Å². The lowest BCUT2D eigenvalue weighted by molar-refractivity contribution is -0.147. The Bertz CT molecular complexity index is 1430. The molecule has 6 nitrogen and oxygen atoms in total. The van der Waals surface area contributed by atoms with Crippen molar-refractivity contribution in [2.24, 2.45) is 7.05 Å². The van der Waals surface area contributed by atoms with E-state index >= 15 is 0 Å². The molecule has 0 unspecified atom stereocenters. The number of aromatic nitrogens is 1. The summed E-state index contributed by atoms with van der Waals surface area (Å²) in [4.78, 5) is 25.1. The molecule has 0 saturated heterocycles. The Morgan fingerprint density at radius 1 is 1.03 bits per heavy atom. The first-order valence-corrected chi connectivity index (χ1v) is 11.0. The quantitative estimate of drug-likeness (QED) is 0.296. The molecule has 5 rings (SSSR count). The van der Waals surface area contributed by atoms with Gasteiger partial charge in [0, 0.05) is 35.3 Å². The number of carbonyl (C=O) groups is 2. The maximum absolute atomic E-state index is 13.0. The summed E-state index contributed by atoms with van der Waals surface area (Å²) in [5, 5.41) is 1.04. The second-order valence-corrected chi connectivity index (χ2v) is 8.15. The lowest BCUT2D eigenvalue weighted by Gasteiger charge is -2.11. The van der Waals surface area contributed by atoms with Gasteiger partial charge in [-0.2, -0.15) is 0 Å². The minimum atomic E-state index is -0.475. The standard InChI is InChI=1S/C28H23NO5/c1-18-24(32-17-26(30)33-16-19-8-4-3-5-9-19)13-12-22-27(31)25(34-28(18)22)14-20-15-29(2)23-11-7-6-10-21(20)23/h3-15H,16-17H2,1-2H3. The van der Waals surface area contributed by atoms with E-state index in [4.69, 9.17) is 14.2 Å². The van der Waals surface area contributed by atoms with Crippen LogP contribution in [0.25, 0.3) is 17.0 Å². The number of allylic oxidation sites excluding steroid dienone is 1.